The summed E-state index contributed by atoms with van der Waals surface area (Å²) in [6.07, 6.45) is 0. The molecule has 0 aliphatic carbocycles. The predicted octanol–water partition coefficient (Wildman–Crippen LogP) is 2.15. The van der Waals surface area contributed by atoms with E-state index in [1.54, 1.807) is 11.3 Å². The Hall–Kier alpha value is -0.820. The maximum atomic E-state index is 5.34. The molecule has 0 aromatic carbocycles. The Bertz CT molecular complexity index is 371. The lowest BCUT2D eigenvalue weighted by Crippen LogP contribution is -2.22. The summed E-state index contributed by atoms with van der Waals surface area (Å²) in [5.41, 5.74) is 5.34. The normalized spacial score (nSPS) is 10.6. The molecule has 3 heteroatoms. The van der Waals surface area contributed by atoms with Crippen molar-refractivity contribution in [1.82, 2.24) is 4.90 Å². The van der Waals surface area contributed by atoms with Gasteiger partial charge in [0.2, 0.25) is 0 Å². The van der Waals surface area contributed by atoms with E-state index in [9.17, 15) is 0 Å². The van der Waals surface area contributed by atoms with E-state index in [0.29, 0.717) is 12.5 Å². The van der Waals surface area contributed by atoms with Crippen LogP contribution in [0.4, 0.5) is 0 Å². The second-order valence-corrected chi connectivity index (χ2v) is 5.53. The second kappa shape index (κ2) is 6.70. The average Bonchev–Trinajstić information content (AvgIpc) is 2.61. The largest absolute Gasteiger partial charge is 0.320 e. The zero-order valence-electron chi connectivity index (χ0n) is 10.3. The minimum absolute atomic E-state index is 0.431. The van der Waals surface area contributed by atoms with Crippen molar-refractivity contribution in [2.45, 2.75) is 20.4 Å². The molecule has 0 unspecified atom stereocenters. The second-order valence-electron chi connectivity index (χ2n) is 4.36. The zero-order chi connectivity index (χ0) is 12.0. The Morgan fingerprint density at radius 3 is 2.81 bits per heavy atom. The molecule has 1 heterocycles. The van der Waals surface area contributed by atoms with Gasteiger partial charge in [0.15, 0.2) is 0 Å². The molecule has 0 saturated carbocycles. The minimum Gasteiger partial charge on any atom is -0.320 e. The van der Waals surface area contributed by atoms with Crippen molar-refractivity contribution in [3.05, 3.63) is 21.9 Å². The lowest BCUT2D eigenvalue weighted by molar-refractivity contribution is 0.291. The summed E-state index contributed by atoms with van der Waals surface area (Å²) in [6, 6.07) is 4.23. The third-order valence-electron chi connectivity index (χ3n) is 2.08. The number of nitrogens with zero attached hydrogens (tertiary/aromatic N) is 1. The van der Waals surface area contributed by atoms with Crippen LogP contribution < -0.4 is 5.73 Å². The maximum Gasteiger partial charge on any atom is 0.0772 e. The van der Waals surface area contributed by atoms with Crippen LogP contribution in [0.15, 0.2) is 12.1 Å². The van der Waals surface area contributed by atoms with Gasteiger partial charge >= 0.3 is 0 Å². The molecule has 0 fully saturated rings. The van der Waals surface area contributed by atoms with Crippen LogP contribution >= 0.6 is 11.3 Å². The van der Waals surface area contributed by atoms with Gasteiger partial charge in [0.1, 0.15) is 0 Å². The molecule has 0 atom stereocenters. The van der Waals surface area contributed by atoms with Gasteiger partial charge in [-0.05, 0) is 25.1 Å². The van der Waals surface area contributed by atoms with Gasteiger partial charge in [0.25, 0.3) is 0 Å². The third kappa shape index (κ3) is 4.80. The van der Waals surface area contributed by atoms with Crippen LogP contribution in [0.3, 0.4) is 0 Å². The smallest absolute Gasteiger partial charge is 0.0772 e. The minimum atomic E-state index is 0.431. The molecule has 0 spiro atoms. The lowest BCUT2D eigenvalue weighted by Gasteiger charge is -2.17. The van der Waals surface area contributed by atoms with Crippen molar-refractivity contribution in [1.29, 1.82) is 0 Å². The van der Waals surface area contributed by atoms with Crippen LogP contribution in [0.25, 0.3) is 0 Å². The first-order valence-corrected chi connectivity index (χ1v) is 6.39. The van der Waals surface area contributed by atoms with Gasteiger partial charge in [0.05, 0.1) is 11.4 Å². The average molecular weight is 236 g/mol. The third-order valence-corrected chi connectivity index (χ3v) is 3.06. The van der Waals surface area contributed by atoms with E-state index in [1.807, 2.05) is 0 Å². The molecule has 0 amide bonds. The SMILES string of the molecule is CC(C)CN(C)Cc1ccc(C#CCN)s1. The summed E-state index contributed by atoms with van der Waals surface area (Å²) >= 11 is 1.76. The molecule has 0 aliphatic rings. The van der Waals surface area contributed by atoms with E-state index in [-0.39, 0.29) is 0 Å². The van der Waals surface area contributed by atoms with Crippen LogP contribution in [0, 0.1) is 17.8 Å². The Balaban J connectivity index is 2.51. The van der Waals surface area contributed by atoms with Crippen molar-refractivity contribution in [2.24, 2.45) is 11.7 Å². The predicted molar refractivity (Wildman–Crippen MR) is 71.4 cm³/mol. The highest BCUT2D eigenvalue weighted by Crippen LogP contribution is 2.17. The van der Waals surface area contributed by atoms with Crippen molar-refractivity contribution < 1.29 is 0 Å². The number of hydrogen-bond donors (Lipinski definition) is 1. The van der Waals surface area contributed by atoms with Crippen molar-refractivity contribution in [3.63, 3.8) is 0 Å². The van der Waals surface area contributed by atoms with Crippen LogP contribution in [0.1, 0.15) is 23.6 Å². The molecule has 0 radical (unpaired) electrons. The van der Waals surface area contributed by atoms with Crippen molar-refractivity contribution in [3.8, 4) is 11.8 Å². The highest BCUT2D eigenvalue weighted by atomic mass is 32.1. The quantitative estimate of drug-likeness (QED) is 0.812. The first-order chi connectivity index (χ1) is 7.61. The Morgan fingerprint density at radius 2 is 2.19 bits per heavy atom. The van der Waals surface area contributed by atoms with E-state index in [4.69, 9.17) is 5.73 Å². The molecule has 1 aromatic heterocycles. The molecule has 16 heavy (non-hydrogen) atoms. The first kappa shape index (κ1) is 13.2. The number of rotatable bonds is 4. The molecule has 88 valence electrons. The topological polar surface area (TPSA) is 29.3 Å². The van der Waals surface area contributed by atoms with E-state index in [0.717, 1.165) is 18.0 Å². The zero-order valence-corrected chi connectivity index (χ0v) is 11.1. The molecule has 0 saturated heterocycles. The molecular weight excluding hydrogens is 216 g/mol. The van der Waals surface area contributed by atoms with Crippen LogP contribution in [-0.2, 0) is 6.54 Å². The van der Waals surface area contributed by atoms with Gasteiger partial charge in [-0.15, -0.1) is 11.3 Å². The van der Waals surface area contributed by atoms with Crippen molar-refractivity contribution >= 4 is 11.3 Å². The molecule has 0 bridgehead atoms. The fraction of sp³-hybridized carbons (Fsp3) is 0.538. The van der Waals surface area contributed by atoms with Gasteiger partial charge < -0.3 is 10.6 Å². The Morgan fingerprint density at radius 1 is 1.44 bits per heavy atom. The van der Waals surface area contributed by atoms with E-state index in [1.165, 1.54) is 4.88 Å². The lowest BCUT2D eigenvalue weighted by atomic mass is 10.2. The molecule has 0 aliphatic heterocycles. The Kier molecular flexibility index (Phi) is 5.54. The molecule has 1 rings (SSSR count). The number of hydrogen-bond acceptors (Lipinski definition) is 3. The summed E-state index contributed by atoms with van der Waals surface area (Å²) in [5, 5.41) is 0. The summed E-state index contributed by atoms with van der Waals surface area (Å²) in [7, 11) is 2.16. The van der Waals surface area contributed by atoms with Gasteiger partial charge in [-0.1, -0.05) is 25.7 Å². The van der Waals surface area contributed by atoms with Gasteiger partial charge in [-0.2, -0.15) is 0 Å². The van der Waals surface area contributed by atoms with Crippen LogP contribution in [0.2, 0.25) is 0 Å². The number of thiophene rings is 1. The van der Waals surface area contributed by atoms with E-state index >= 15 is 0 Å². The maximum absolute atomic E-state index is 5.34. The molecule has 2 nitrogen and oxygen atoms in total. The first-order valence-electron chi connectivity index (χ1n) is 5.58. The van der Waals surface area contributed by atoms with Gasteiger partial charge in [-0.3, -0.25) is 0 Å². The highest BCUT2D eigenvalue weighted by molar-refractivity contribution is 7.12. The van der Waals surface area contributed by atoms with E-state index < -0.39 is 0 Å². The molecule has 2 N–H and O–H groups in total. The summed E-state index contributed by atoms with van der Waals surface area (Å²) in [5.74, 6) is 6.65. The van der Waals surface area contributed by atoms with Crippen LogP contribution in [0.5, 0.6) is 0 Å². The fourth-order valence-electron chi connectivity index (χ4n) is 1.62. The molecule has 1 aromatic rings. The standard InChI is InChI=1S/C13H20N2S/c1-11(2)9-15(3)10-13-7-6-12(16-13)5-4-8-14/h6-7,11H,8-10,14H2,1-3H3. The van der Waals surface area contributed by atoms with Gasteiger partial charge in [0, 0.05) is 18.0 Å². The highest BCUT2D eigenvalue weighted by Gasteiger charge is 2.04. The van der Waals surface area contributed by atoms with Gasteiger partial charge in [-0.25, -0.2) is 0 Å². The summed E-state index contributed by atoms with van der Waals surface area (Å²) in [4.78, 5) is 4.82. The monoisotopic (exact) mass is 236 g/mol. The van der Waals surface area contributed by atoms with Crippen LogP contribution in [-0.4, -0.2) is 25.0 Å². The van der Waals surface area contributed by atoms with Crippen molar-refractivity contribution in [2.75, 3.05) is 20.1 Å². The number of nitrogens with two attached hydrogens (primary N) is 1. The molecular formula is C13H20N2S. The summed E-state index contributed by atoms with van der Waals surface area (Å²) in [6.45, 7) is 7.04. The fourth-order valence-corrected chi connectivity index (χ4v) is 2.58. The summed E-state index contributed by atoms with van der Waals surface area (Å²) < 4.78 is 0. The Labute approximate surface area is 102 Å². The van der Waals surface area contributed by atoms with E-state index in [2.05, 4.69) is 49.8 Å².